The minimum atomic E-state index is -1.23. The topological polar surface area (TPSA) is 97.7 Å². The third-order valence-electron chi connectivity index (χ3n) is 6.65. The number of hydrogen-bond donors (Lipinski definition) is 1. The number of esters is 1. The molecular weight excluding hydrogens is 458 g/mol. The van der Waals surface area contributed by atoms with Crippen LogP contribution in [0.3, 0.4) is 0 Å². The molecule has 1 saturated heterocycles. The zero-order valence-electron chi connectivity index (χ0n) is 20.8. The summed E-state index contributed by atoms with van der Waals surface area (Å²) in [5.74, 6) is -1.72. The number of nitrogens with one attached hydrogen (secondary N) is 1. The average molecular weight is 488 g/mol. The highest BCUT2D eigenvalue weighted by Crippen LogP contribution is 2.32. The Balaban J connectivity index is 1.42. The second-order valence-electron chi connectivity index (χ2n) is 8.99. The largest absolute Gasteiger partial charge is 0.456 e. The molecule has 1 N–H and O–H groups in total. The molecule has 1 aliphatic rings. The quantitative estimate of drug-likeness (QED) is 0.294. The second kappa shape index (κ2) is 9.81. The lowest BCUT2D eigenvalue weighted by molar-refractivity contribution is -0.147. The van der Waals surface area contributed by atoms with E-state index in [-0.39, 0.29) is 5.78 Å². The summed E-state index contributed by atoms with van der Waals surface area (Å²) in [6, 6.07) is 17.9. The molecule has 36 heavy (non-hydrogen) atoms. The number of carbonyl (C=O) groups is 4. The van der Waals surface area contributed by atoms with E-state index >= 15 is 0 Å². The van der Waals surface area contributed by atoms with E-state index in [2.05, 4.69) is 5.32 Å². The zero-order chi connectivity index (χ0) is 26.0. The molecule has 1 aliphatic heterocycles. The van der Waals surface area contributed by atoms with Crippen LogP contribution < -0.4 is 5.32 Å². The number of Topliss-reactive ketones (excluding diaryl/α,β-unsaturated/α-hetero) is 1. The van der Waals surface area contributed by atoms with Crippen LogP contribution in [0.4, 0.5) is 4.79 Å². The first-order chi connectivity index (χ1) is 17.2. The standard InChI is InChI=1S/C28H29N3O5/c1-5-28(21-9-7-6-8-10-21)26(34)30(27(35)29-28)16-25(33)36-17-24(32)23-15-19(3)31(20(23)4)22-13-11-18(2)12-14-22/h6-15H,5,16-17H2,1-4H3,(H,29,35). The molecule has 0 aliphatic carbocycles. The third kappa shape index (κ3) is 4.42. The molecule has 1 atom stereocenters. The van der Waals surface area contributed by atoms with Crippen LogP contribution in [0.15, 0.2) is 60.7 Å². The van der Waals surface area contributed by atoms with Gasteiger partial charge in [-0.1, -0.05) is 55.0 Å². The number of nitrogens with zero attached hydrogens (tertiary/aromatic N) is 2. The number of ether oxygens (including phenoxy) is 1. The molecule has 186 valence electrons. The Morgan fingerprint density at radius 2 is 1.64 bits per heavy atom. The fourth-order valence-electron chi connectivity index (χ4n) is 4.67. The third-order valence-corrected chi connectivity index (χ3v) is 6.65. The molecule has 1 aromatic heterocycles. The van der Waals surface area contributed by atoms with Crippen molar-refractivity contribution in [2.45, 2.75) is 39.7 Å². The van der Waals surface area contributed by atoms with Crippen molar-refractivity contribution in [3.63, 3.8) is 0 Å². The molecule has 2 aromatic carbocycles. The van der Waals surface area contributed by atoms with Crippen LogP contribution in [0.1, 0.15) is 46.2 Å². The van der Waals surface area contributed by atoms with Crippen molar-refractivity contribution in [3.8, 4) is 5.69 Å². The second-order valence-corrected chi connectivity index (χ2v) is 8.99. The molecule has 0 bridgehead atoms. The number of hydrogen-bond acceptors (Lipinski definition) is 5. The maximum Gasteiger partial charge on any atom is 0.326 e. The van der Waals surface area contributed by atoms with Gasteiger partial charge in [-0.05, 0) is 51.0 Å². The summed E-state index contributed by atoms with van der Waals surface area (Å²) in [4.78, 5) is 52.0. The Hall–Kier alpha value is -4.20. The van der Waals surface area contributed by atoms with Gasteiger partial charge in [-0.2, -0.15) is 0 Å². The van der Waals surface area contributed by atoms with Gasteiger partial charge in [-0.3, -0.25) is 19.3 Å². The molecule has 3 amide bonds. The Morgan fingerprint density at radius 1 is 0.972 bits per heavy atom. The van der Waals surface area contributed by atoms with E-state index in [0.717, 1.165) is 27.5 Å². The van der Waals surface area contributed by atoms with Gasteiger partial charge in [0.05, 0.1) is 0 Å². The van der Waals surface area contributed by atoms with Gasteiger partial charge in [0.1, 0.15) is 12.1 Å². The lowest BCUT2D eigenvalue weighted by atomic mass is 9.87. The maximum absolute atomic E-state index is 13.2. The number of aromatic nitrogens is 1. The van der Waals surface area contributed by atoms with Crippen LogP contribution in [0, 0.1) is 20.8 Å². The van der Waals surface area contributed by atoms with Gasteiger partial charge in [-0.25, -0.2) is 4.79 Å². The normalized spacial score (nSPS) is 17.3. The summed E-state index contributed by atoms with van der Waals surface area (Å²) in [6.07, 6.45) is 0.322. The number of benzene rings is 2. The lowest BCUT2D eigenvalue weighted by Crippen LogP contribution is -2.44. The van der Waals surface area contributed by atoms with Gasteiger partial charge in [0.15, 0.2) is 6.61 Å². The lowest BCUT2D eigenvalue weighted by Gasteiger charge is -2.25. The number of imide groups is 1. The van der Waals surface area contributed by atoms with Gasteiger partial charge < -0.3 is 14.6 Å². The monoisotopic (exact) mass is 487 g/mol. The van der Waals surface area contributed by atoms with Crippen LogP contribution in [0.5, 0.6) is 0 Å². The highest BCUT2D eigenvalue weighted by molar-refractivity contribution is 6.09. The summed E-state index contributed by atoms with van der Waals surface area (Å²) in [5, 5.41) is 2.72. The molecule has 0 spiro atoms. The number of ketones is 1. The molecule has 4 rings (SSSR count). The van der Waals surface area contributed by atoms with Crippen LogP contribution in [0.2, 0.25) is 0 Å². The first-order valence-corrected chi connectivity index (χ1v) is 11.8. The minimum absolute atomic E-state index is 0.322. The predicted molar refractivity (Wildman–Crippen MR) is 134 cm³/mol. The van der Waals surface area contributed by atoms with Crippen molar-refractivity contribution in [2.24, 2.45) is 0 Å². The summed E-state index contributed by atoms with van der Waals surface area (Å²) < 4.78 is 7.15. The van der Waals surface area contributed by atoms with Crippen molar-refractivity contribution in [2.75, 3.05) is 13.2 Å². The molecule has 8 heteroatoms. The van der Waals surface area contributed by atoms with E-state index in [0.29, 0.717) is 17.5 Å². The van der Waals surface area contributed by atoms with Crippen LogP contribution in [0.25, 0.3) is 5.69 Å². The molecule has 2 heterocycles. The van der Waals surface area contributed by atoms with Crippen molar-refractivity contribution in [3.05, 3.63) is 88.7 Å². The number of carbonyl (C=O) groups excluding carboxylic acids is 4. The van der Waals surface area contributed by atoms with Gasteiger partial charge in [0.2, 0.25) is 5.78 Å². The van der Waals surface area contributed by atoms with E-state index in [9.17, 15) is 19.2 Å². The minimum Gasteiger partial charge on any atom is -0.456 e. The Kier molecular flexibility index (Phi) is 6.79. The van der Waals surface area contributed by atoms with E-state index in [1.54, 1.807) is 37.3 Å². The fraction of sp³-hybridized carbons (Fsp3) is 0.286. The first kappa shape index (κ1) is 24.9. The molecule has 3 aromatic rings. The number of aryl methyl sites for hydroxylation is 2. The number of urea groups is 1. The van der Waals surface area contributed by atoms with Crippen LogP contribution in [-0.4, -0.2) is 46.3 Å². The zero-order valence-corrected chi connectivity index (χ0v) is 20.8. The molecular formula is C28H29N3O5. The van der Waals surface area contributed by atoms with Crippen molar-refractivity contribution < 1.29 is 23.9 Å². The SMILES string of the molecule is CCC1(c2ccccc2)NC(=O)N(CC(=O)OCC(=O)c2cc(C)n(-c3ccc(C)cc3)c2C)C1=O. The van der Waals surface area contributed by atoms with E-state index in [4.69, 9.17) is 4.74 Å². The van der Waals surface area contributed by atoms with Gasteiger partial charge in [0.25, 0.3) is 5.91 Å². The van der Waals surface area contributed by atoms with Crippen LogP contribution in [-0.2, 0) is 19.9 Å². The predicted octanol–water partition coefficient (Wildman–Crippen LogP) is 3.99. The molecule has 8 nitrogen and oxygen atoms in total. The summed E-state index contributed by atoms with van der Waals surface area (Å²) in [6.45, 7) is 6.47. The molecule has 0 radical (unpaired) electrons. The van der Waals surface area contributed by atoms with E-state index in [1.165, 1.54) is 0 Å². The van der Waals surface area contributed by atoms with E-state index in [1.807, 2.05) is 55.7 Å². The van der Waals surface area contributed by atoms with E-state index < -0.39 is 36.6 Å². The summed E-state index contributed by atoms with van der Waals surface area (Å²) >= 11 is 0. The molecule has 0 saturated carbocycles. The highest BCUT2D eigenvalue weighted by atomic mass is 16.5. The Bertz CT molecular complexity index is 1330. The van der Waals surface area contributed by atoms with Gasteiger partial charge >= 0.3 is 12.0 Å². The maximum atomic E-state index is 13.2. The Labute approximate surface area is 209 Å². The number of rotatable bonds is 8. The molecule has 1 unspecified atom stereocenters. The van der Waals surface area contributed by atoms with Crippen molar-refractivity contribution >= 4 is 23.7 Å². The fourth-order valence-corrected chi connectivity index (χ4v) is 4.67. The summed E-state index contributed by atoms with van der Waals surface area (Å²) in [5.41, 5.74) is 3.54. The first-order valence-electron chi connectivity index (χ1n) is 11.8. The highest BCUT2D eigenvalue weighted by Gasteiger charge is 2.51. The van der Waals surface area contributed by atoms with Crippen molar-refractivity contribution in [1.82, 2.24) is 14.8 Å². The van der Waals surface area contributed by atoms with Gasteiger partial charge in [-0.15, -0.1) is 0 Å². The number of amides is 3. The molecule has 1 fully saturated rings. The van der Waals surface area contributed by atoms with Crippen LogP contribution >= 0.6 is 0 Å². The van der Waals surface area contributed by atoms with Gasteiger partial charge in [0, 0.05) is 22.6 Å². The van der Waals surface area contributed by atoms with Crippen molar-refractivity contribution in [1.29, 1.82) is 0 Å². The Morgan fingerprint density at radius 3 is 2.28 bits per heavy atom. The smallest absolute Gasteiger partial charge is 0.326 e. The summed E-state index contributed by atoms with van der Waals surface area (Å²) in [7, 11) is 0. The average Bonchev–Trinajstić information content (AvgIpc) is 3.31.